The van der Waals surface area contributed by atoms with Gasteiger partial charge in [0.25, 0.3) is 0 Å². The van der Waals surface area contributed by atoms with Gasteiger partial charge in [0.2, 0.25) is 0 Å². The molecule has 242 valence electrons. The predicted octanol–water partition coefficient (Wildman–Crippen LogP) is 8.19. The second-order valence-corrected chi connectivity index (χ2v) is 12.6. The summed E-state index contributed by atoms with van der Waals surface area (Å²) in [6, 6.07) is 1.66. The van der Waals surface area contributed by atoms with Crippen LogP contribution in [-0.2, 0) is 21.4 Å². The molecule has 1 aliphatic rings. The number of carbonyl (C=O) groups is 2. The fourth-order valence-corrected chi connectivity index (χ4v) is 6.65. The van der Waals surface area contributed by atoms with E-state index in [2.05, 4.69) is 6.92 Å². The Labute approximate surface area is 259 Å². The Morgan fingerprint density at radius 3 is 1.63 bits per heavy atom. The van der Waals surface area contributed by atoms with Crippen LogP contribution in [0.25, 0.3) is 0 Å². The first-order valence-corrected chi connectivity index (χ1v) is 16.3. The lowest BCUT2D eigenvalue weighted by molar-refractivity contribution is -0.134. The molecule has 1 aliphatic heterocycles. The number of ether oxygens (including phenoxy) is 1. The van der Waals surface area contributed by atoms with Crippen molar-refractivity contribution in [2.24, 2.45) is 0 Å². The molecule has 43 heavy (non-hydrogen) atoms. The number of benzene rings is 1. The van der Waals surface area contributed by atoms with Gasteiger partial charge < -0.3 is 31.3 Å². The molecule has 0 saturated heterocycles. The molecule has 1 aromatic rings. The number of hydrogen-bond acceptors (Lipinski definition) is 6. The van der Waals surface area contributed by atoms with Crippen molar-refractivity contribution in [3.63, 3.8) is 0 Å². The van der Waals surface area contributed by atoms with Gasteiger partial charge in [-0.05, 0) is 59.1 Å². The Morgan fingerprint density at radius 2 is 1.23 bits per heavy atom. The molecule has 8 heteroatoms. The van der Waals surface area contributed by atoms with Crippen LogP contribution < -0.4 is 16.2 Å². The van der Waals surface area contributed by atoms with E-state index in [0.717, 1.165) is 19.3 Å². The van der Waals surface area contributed by atoms with Crippen molar-refractivity contribution in [2.45, 2.75) is 143 Å². The number of aliphatic carboxylic acids is 2. The first-order chi connectivity index (χ1) is 20.3. The Hall–Kier alpha value is -3.16. The Bertz CT molecular complexity index is 1150. The van der Waals surface area contributed by atoms with E-state index < -0.39 is 17.4 Å². The summed E-state index contributed by atoms with van der Waals surface area (Å²) < 4.78 is 6.24. The highest BCUT2D eigenvalue weighted by Crippen LogP contribution is 2.53. The minimum Gasteiger partial charge on any atom is -0.489 e. The van der Waals surface area contributed by atoms with Gasteiger partial charge in [-0.15, -0.1) is 0 Å². The molecule has 0 saturated carbocycles. The fourth-order valence-electron chi connectivity index (χ4n) is 6.65. The first kappa shape index (κ1) is 36.0. The topological polar surface area (TPSA) is 139 Å². The lowest BCUT2D eigenvalue weighted by Crippen LogP contribution is -2.44. The van der Waals surface area contributed by atoms with Gasteiger partial charge >= 0.3 is 11.9 Å². The first-order valence-electron chi connectivity index (χ1n) is 16.3. The molecule has 0 unspecified atom stereocenters. The maximum atomic E-state index is 12.9. The van der Waals surface area contributed by atoms with E-state index in [1.165, 1.54) is 64.2 Å². The molecule has 0 radical (unpaired) electrons. The number of nitrogens with zero attached hydrogens (tertiary/aromatic N) is 1. The summed E-state index contributed by atoms with van der Waals surface area (Å²) >= 11 is 0. The summed E-state index contributed by atoms with van der Waals surface area (Å²) in [6.07, 6.45) is 16.3. The van der Waals surface area contributed by atoms with Crippen LogP contribution in [0, 0.1) is 0 Å². The molecule has 2 rings (SSSR count). The van der Waals surface area contributed by atoms with Crippen LogP contribution in [0.2, 0.25) is 0 Å². The number of unbranched alkanes of at least 4 members (excludes halogenated alkanes) is 12. The number of hydrogen-bond donors (Lipinski definition) is 4. The van der Waals surface area contributed by atoms with Crippen LogP contribution in [0.1, 0.15) is 136 Å². The van der Waals surface area contributed by atoms with Gasteiger partial charge in [-0.25, -0.2) is 9.59 Å². The Balaban J connectivity index is 2.35. The second kappa shape index (κ2) is 16.6. The van der Waals surface area contributed by atoms with Crippen molar-refractivity contribution in [3.05, 3.63) is 39.7 Å². The number of nitrogen functional groups attached to an aromatic ring is 2. The summed E-state index contributed by atoms with van der Waals surface area (Å²) in [5.74, 6) is -2.08. The molecule has 0 spiro atoms. The number of carboxylic acids is 2. The van der Waals surface area contributed by atoms with Gasteiger partial charge in [0.05, 0.1) is 28.4 Å². The summed E-state index contributed by atoms with van der Waals surface area (Å²) in [5, 5.41) is 21.0. The van der Waals surface area contributed by atoms with Gasteiger partial charge in [-0.1, -0.05) is 84.0 Å². The molecule has 8 nitrogen and oxygen atoms in total. The summed E-state index contributed by atoms with van der Waals surface area (Å²) in [7, 11) is 1.68. The number of carboxylic acid groups (broad SMARTS) is 2. The van der Waals surface area contributed by atoms with Crippen LogP contribution in [0.4, 0.5) is 11.4 Å². The van der Waals surface area contributed by atoms with E-state index in [4.69, 9.17) is 16.2 Å². The van der Waals surface area contributed by atoms with Gasteiger partial charge in [-0.2, -0.15) is 0 Å². The van der Waals surface area contributed by atoms with Crippen molar-refractivity contribution < 1.29 is 24.5 Å². The van der Waals surface area contributed by atoms with Crippen LogP contribution in [0.3, 0.4) is 0 Å². The summed E-state index contributed by atoms with van der Waals surface area (Å²) in [6.45, 7) is 11.0. The fraction of sp³-hybridized carbons (Fsp3) is 0.657. The molecule has 1 aromatic carbocycles. The quantitative estimate of drug-likeness (QED) is 0.0922. The lowest BCUT2D eigenvalue weighted by Gasteiger charge is -2.43. The molecule has 1 heterocycles. The number of nitrogens with two attached hydrogens (primary N) is 2. The van der Waals surface area contributed by atoms with Gasteiger partial charge in [0.1, 0.15) is 5.75 Å². The molecule has 0 amide bonds. The minimum atomic E-state index is -1.56. The van der Waals surface area contributed by atoms with Gasteiger partial charge in [0, 0.05) is 29.7 Å². The summed E-state index contributed by atoms with van der Waals surface area (Å²) in [4.78, 5) is 27.4. The van der Waals surface area contributed by atoms with Crippen molar-refractivity contribution >= 4 is 23.3 Å². The van der Waals surface area contributed by atoms with Crippen LogP contribution in [-0.4, -0.2) is 40.2 Å². The van der Waals surface area contributed by atoms with E-state index in [0.29, 0.717) is 40.4 Å². The zero-order chi connectivity index (χ0) is 32.3. The number of rotatable bonds is 19. The van der Waals surface area contributed by atoms with Crippen molar-refractivity contribution in [3.8, 4) is 5.75 Å². The third-order valence-corrected chi connectivity index (χ3v) is 8.99. The number of anilines is 2. The van der Waals surface area contributed by atoms with E-state index in [9.17, 15) is 19.8 Å². The molecular formula is C35H57N3O5. The van der Waals surface area contributed by atoms with E-state index in [1.807, 2.05) is 13.8 Å². The third kappa shape index (κ3) is 8.70. The van der Waals surface area contributed by atoms with Crippen LogP contribution >= 0.6 is 0 Å². The standard InChI is InChI=1S/C35H57N3O5/c1-8-9-10-11-12-13-14-15-16-17-18-19-20-21-26-27(36)22-28(37)32(43-23(2)3)31(26)35(6)29(33(39)40)24(4)38(7)25(5)30(35)34(41)42/h22-23H,8-21,36-37H2,1-7H3,(H,39,40)(H,41,42). The lowest BCUT2D eigenvalue weighted by atomic mass is 9.64. The van der Waals surface area contributed by atoms with Crippen LogP contribution in [0.15, 0.2) is 28.6 Å². The monoisotopic (exact) mass is 599 g/mol. The predicted molar refractivity (Wildman–Crippen MR) is 176 cm³/mol. The Kier molecular flexibility index (Phi) is 13.9. The molecule has 0 fully saturated rings. The largest absolute Gasteiger partial charge is 0.489 e. The van der Waals surface area contributed by atoms with Gasteiger partial charge in [-0.3, -0.25) is 0 Å². The maximum absolute atomic E-state index is 12.9. The zero-order valence-electron chi connectivity index (χ0n) is 27.8. The zero-order valence-corrected chi connectivity index (χ0v) is 27.8. The second-order valence-electron chi connectivity index (χ2n) is 12.6. The summed E-state index contributed by atoms with van der Waals surface area (Å²) in [5.41, 5.74) is 14.2. The van der Waals surface area contributed by atoms with Crippen molar-refractivity contribution in [1.82, 2.24) is 4.90 Å². The average Bonchev–Trinajstić information content (AvgIpc) is 2.91. The molecule has 0 aromatic heterocycles. The van der Waals surface area contributed by atoms with Crippen molar-refractivity contribution in [1.29, 1.82) is 0 Å². The maximum Gasteiger partial charge on any atom is 0.334 e. The molecule has 0 atom stereocenters. The molecule has 0 bridgehead atoms. The SMILES string of the molecule is CCCCCCCCCCCCCCCc1c(N)cc(N)c(OC(C)C)c1C1(C)C(C(=O)O)=C(C)N(C)C(C)=C1C(=O)O. The third-order valence-electron chi connectivity index (χ3n) is 8.99. The average molecular weight is 600 g/mol. The highest BCUT2D eigenvalue weighted by molar-refractivity contribution is 6.01. The molecular weight excluding hydrogens is 542 g/mol. The van der Waals surface area contributed by atoms with Crippen molar-refractivity contribution in [2.75, 3.05) is 18.5 Å². The van der Waals surface area contributed by atoms with E-state index in [1.54, 1.807) is 38.8 Å². The highest BCUT2D eigenvalue weighted by Gasteiger charge is 2.51. The van der Waals surface area contributed by atoms with E-state index >= 15 is 0 Å². The van der Waals surface area contributed by atoms with Crippen LogP contribution in [0.5, 0.6) is 5.75 Å². The van der Waals surface area contributed by atoms with E-state index in [-0.39, 0.29) is 22.9 Å². The number of allylic oxidation sites excluding steroid dienone is 2. The minimum absolute atomic E-state index is 0.0248. The highest BCUT2D eigenvalue weighted by atomic mass is 16.5. The Morgan fingerprint density at radius 1 is 0.814 bits per heavy atom. The smallest absolute Gasteiger partial charge is 0.334 e. The molecule has 6 N–H and O–H groups in total. The van der Waals surface area contributed by atoms with Gasteiger partial charge in [0.15, 0.2) is 0 Å². The normalized spacial score (nSPS) is 15.0. The molecule has 0 aliphatic carbocycles.